The fourth-order valence-corrected chi connectivity index (χ4v) is 7.30. The maximum absolute atomic E-state index is 12.3. The summed E-state index contributed by atoms with van der Waals surface area (Å²) >= 11 is 0. The van der Waals surface area contributed by atoms with Gasteiger partial charge in [0, 0.05) is 51.1 Å². The van der Waals surface area contributed by atoms with E-state index in [1.165, 1.54) is 18.4 Å². The Bertz CT molecular complexity index is 918. The number of nitrogens with zero attached hydrogens (tertiary/aromatic N) is 4. The van der Waals surface area contributed by atoms with E-state index >= 15 is 0 Å². The zero-order valence-corrected chi connectivity index (χ0v) is 22.6. The van der Waals surface area contributed by atoms with Gasteiger partial charge in [0.2, 0.25) is 16.0 Å². The third kappa shape index (κ3) is 7.04. The van der Waals surface area contributed by atoms with Crippen molar-refractivity contribution < 1.29 is 13.2 Å². The molecule has 3 heterocycles. The molecule has 0 spiro atoms. The predicted octanol–water partition coefficient (Wildman–Crippen LogP) is 4.16. The minimum atomic E-state index is -3.06. The molecule has 1 aromatic rings. The smallest absolute Gasteiger partial charge is 0.225 e. The van der Waals surface area contributed by atoms with Crippen LogP contribution in [-0.2, 0) is 21.2 Å². The average molecular weight is 505 g/mol. The van der Waals surface area contributed by atoms with Gasteiger partial charge in [-0.25, -0.2) is 22.7 Å². The fraction of sp³-hybridized carbons (Fsp3) is 0.778. The molecule has 2 aliphatic heterocycles. The largest absolute Gasteiger partial charge is 0.381 e. The molecule has 0 saturated carbocycles. The lowest BCUT2D eigenvalue weighted by Gasteiger charge is -2.41. The number of rotatable bonds is 11. The number of hydrogen-bond acceptors (Lipinski definition) is 6. The zero-order valence-electron chi connectivity index (χ0n) is 21.8. The van der Waals surface area contributed by atoms with Gasteiger partial charge in [-0.15, -0.1) is 0 Å². The van der Waals surface area contributed by atoms with Crippen LogP contribution in [0.1, 0.15) is 58.4 Å². The number of ether oxygens (including phenoxy) is 1. The Balaban J connectivity index is 1.14. The van der Waals surface area contributed by atoms with Crippen LogP contribution in [0.3, 0.4) is 0 Å². The van der Waals surface area contributed by atoms with Gasteiger partial charge in [0.1, 0.15) is 0 Å². The van der Waals surface area contributed by atoms with Crippen LogP contribution in [0.15, 0.2) is 24.5 Å². The molecule has 0 bridgehead atoms. The van der Waals surface area contributed by atoms with Crippen LogP contribution >= 0.6 is 0 Å². The molecule has 0 amide bonds. The number of sulfonamides is 1. The van der Waals surface area contributed by atoms with Crippen molar-refractivity contribution in [2.75, 3.05) is 50.0 Å². The summed E-state index contributed by atoms with van der Waals surface area (Å²) in [6.45, 7) is 11.2. The number of allylic oxidation sites excluding steroid dienone is 1. The highest BCUT2D eigenvalue weighted by Gasteiger charge is 2.35. The highest BCUT2D eigenvalue weighted by atomic mass is 32.2. The summed E-state index contributed by atoms with van der Waals surface area (Å²) < 4.78 is 32.3. The zero-order chi connectivity index (χ0) is 24.8. The van der Waals surface area contributed by atoms with Crippen molar-refractivity contribution in [1.82, 2.24) is 14.3 Å². The summed E-state index contributed by atoms with van der Waals surface area (Å²) in [6, 6.07) is 0. The van der Waals surface area contributed by atoms with E-state index in [4.69, 9.17) is 4.74 Å². The maximum Gasteiger partial charge on any atom is 0.225 e. The van der Waals surface area contributed by atoms with Crippen LogP contribution in [0.2, 0.25) is 0 Å². The molecule has 8 heteroatoms. The Morgan fingerprint density at radius 3 is 2.26 bits per heavy atom. The minimum Gasteiger partial charge on any atom is -0.381 e. The lowest BCUT2D eigenvalue weighted by Crippen LogP contribution is -2.41. The highest BCUT2D eigenvalue weighted by molar-refractivity contribution is 7.89. The molecule has 2 atom stereocenters. The Kier molecular flexibility index (Phi) is 9.22. The normalized spacial score (nSPS) is 24.7. The topological polar surface area (TPSA) is 75.6 Å². The van der Waals surface area contributed by atoms with E-state index in [1.807, 2.05) is 19.3 Å². The van der Waals surface area contributed by atoms with Crippen LogP contribution in [0, 0.1) is 29.6 Å². The first kappa shape index (κ1) is 26.6. The third-order valence-electron chi connectivity index (χ3n) is 7.87. The lowest BCUT2D eigenvalue weighted by atomic mass is 9.71. The predicted molar refractivity (Wildman–Crippen MR) is 141 cm³/mol. The summed E-state index contributed by atoms with van der Waals surface area (Å²) in [5.41, 5.74) is 1.22. The number of aromatic nitrogens is 2. The van der Waals surface area contributed by atoms with Crippen LogP contribution < -0.4 is 4.90 Å². The number of piperidine rings is 2. The second kappa shape index (κ2) is 12.2. The molecule has 2 unspecified atom stereocenters. The summed E-state index contributed by atoms with van der Waals surface area (Å²) in [6.07, 6.45) is 14.5. The Hall–Kier alpha value is -1.51. The Morgan fingerprint density at radius 2 is 1.69 bits per heavy atom. The summed E-state index contributed by atoms with van der Waals surface area (Å²) in [5, 5.41) is 0. The molecule has 3 aliphatic rings. The molecule has 196 valence electrons. The third-order valence-corrected chi connectivity index (χ3v) is 9.95. The molecule has 7 nitrogen and oxygen atoms in total. The van der Waals surface area contributed by atoms with E-state index in [0.717, 1.165) is 51.5 Å². The second-order valence-electron chi connectivity index (χ2n) is 11.1. The van der Waals surface area contributed by atoms with Gasteiger partial charge in [-0.2, -0.15) is 0 Å². The van der Waals surface area contributed by atoms with Gasteiger partial charge in [0.15, 0.2) is 0 Å². The number of anilines is 1. The van der Waals surface area contributed by atoms with Crippen molar-refractivity contribution in [3.05, 3.63) is 30.1 Å². The Morgan fingerprint density at radius 1 is 1.00 bits per heavy atom. The molecule has 2 fully saturated rings. The summed E-state index contributed by atoms with van der Waals surface area (Å²) in [7, 11) is -3.06. The summed E-state index contributed by atoms with van der Waals surface area (Å²) in [4.78, 5) is 11.6. The molecule has 1 aromatic heterocycles. The second-order valence-corrected chi connectivity index (χ2v) is 13.2. The van der Waals surface area contributed by atoms with Crippen molar-refractivity contribution in [1.29, 1.82) is 0 Å². The molecule has 35 heavy (non-hydrogen) atoms. The first-order chi connectivity index (χ1) is 16.9. The molecule has 1 aliphatic carbocycles. The van der Waals surface area contributed by atoms with Gasteiger partial charge < -0.3 is 9.64 Å². The quantitative estimate of drug-likeness (QED) is 0.421. The van der Waals surface area contributed by atoms with E-state index in [1.54, 1.807) is 4.31 Å². The SMILES string of the molecule is CCCS(=O)(=O)N1CCC(COCC2C=CC2C2CCN(c3ncc(CC(C)C)cn3)CC2)CC1. The summed E-state index contributed by atoms with van der Waals surface area (Å²) in [5.74, 6) is 4.07. The standard InChI is InChI=1S/C27H44N4O3S/c1-4-15-35(32,33)31-13-7-22(8-14-31)19-34-20-25-5-6-26(25)24-9-11-30(12-10-24)27-28-17-23(18-29-27)16-21(2)3/h5-6,17-18,21-22,24-26H,4,7-16,19-20H2,1-3H3. The lowest BCUT2D eigenvalue weighted by molar-refractivity contribution is 0.0434. The van der Waals surface area contributed by atoms with Gasteiger partial charge >= 0.3 is 0 Å². The van der Waals surface area contributed by atoms with Crippen molar-refractivity contribution in [2.24, 2.45) is 29.6 Å². The van der Waals surface area contributed by atoms with Gasteiger partial charge in [-0.1, -0.05) is 32.9 Å². The van der Waals surface area contributed by atoms with E-state index in [0.29, 0.717) is 49.1 Å². The molecular formula is C27H44N4O3S. The molecule has 4 rings (SSSR count). The molecule has 0 aromatic carbocycles. The molecule has 0 N–H and O–H groups in total. The van der Waals surface area contributed by atoms with E-state index < -0.39 is 10.0 Å². The maximum atomic E-state index is 12.3. The van der Waals surface area contributed by atoms with Crippen molar-refractivity contribution >= 4 is 16.0 Å². The van der Waals surface area contributed by atoms with Crippen LogP contribution in [-0.4, -0.2) is 67.8 Å². The molecule has 0 radical (unpaired) electrons. The van der Waals surface area contributed by atoms with E-state index in [2.05, 4.69) is 40.9 Å². The van der Waals surface area contributed by atoms with Gasteiger partial charge in [-0.05, 0) is 67.8 Å². The minimum absolute atomic E-state index is 0.264. The number of hydrogen-bond donors (Lipinski definition) is 0. The van der Waals surface area contributed by atoms with Gasteiger partial charge in [0.05, 0.1) is 12.4 Å². The van der Waals surface area contributed by atoms with Crippen molar-refractivity contribution in [3.63, 3.8) is 0 Å². The van der Waals surface area contributed by atoms with Crippen LogP contribution in [0.25, 0.3) is 0 Å². The highest BCUT2D eigenvalue weighted by Crippen LogP contribution is 2.38. The van der Waals surface area contributed by atoms with Crippen LogP contribution in [0.4, 0.5) is 5.95 Å². The monoisotopic (exact) mass is 504 g/mol. The van der Waals surface area contributed by atoms with Crippen molar-refractivity contribution in [3.8, 4) is 0 Å². The Labute approximate surface area is 212 Å². The average Bonchev–Trinajstić information content (AvgIpc) is 2.82. The van der Waals surface area contributed by atoms with Crippen molar-refractivity contribution in [2.45, 2.75) is 59.3 Å². The molecule has 2 saturated heterocycles. The first-order valence-corrected chi connectivity index (χ1v) is 15.3. The van der Waals surface area contributed by atoms with Crippen LogP contribution in [0.5, 0.6) is 0 Å². The van der Waals surface area contributed by atoms with Gasteiger partial charge in [0.25, 0.3) is 0 Å². The molecular weight excluding hydrogens is 460 g/mol. The fourth-order valence-electron chi connectivity index (χ4n) is 5.75. The van der Waals surface area contributed by atoms with E-state index in [9.17, 15) is 8.42 Å². The first-order valence-electron chi connectivity index (χ1n) is 13.7. The van der Waals surface area contributed by atoms with Gasteiger partial charge in [-0.3, -0.25) is 0 Å². The van der Waals surface area contributed by atoms with E-state index in [-0.39, 0.29) is 5.75 Å².